The number of benzene rings is 1. The fraction of sp³-hybridized carbons (Fsp3) is 0.684. The zero-order chi connectivity index (χ0) is 15.5. The molecule has 0 amide bonds. The van der Waals surface area contributed by atoms with E-state index >= 15 is 0 Å². The molecule has 2 atom stereocenters. The first kappa shape index (κ1) is 16.4. The molecule has 1 saturated heterocycles. The van der Waals surface area contributed by atoms with Crippen molar-refractivity contribution in [1.82, 2.24) is 5.32 Å². The van der Waals surface area contributed by atoms with E-state index in [9.17, 15) is 0 Å². The predicted octanol–water partition coefficient (Wildman–Crippen LogP) is 4.24. The second-order valence-corrected chi connectivity index (χ2v) is 7.11. The summed E-state index contributed by atoms with van der Waals surface area (Å²) < 4.78 is 0. The van der Waals surface area contributed by atoms with Gasteiger partial charge in [-0.1, -0.05) is 52.3 Å². The summed E-state index contributed by atoms with van der Waals surface area (Å²) in [5.74, 6) is 0.661. The van der Waals surface area contributed by atoms with Crippen molar-refractivity contribution in [2.75, 3.05) is 18.0 Å². The Morgan fingerprint density at radius 1 is 1.29 bits per heavy atom. The topological polar surface area (TPSA) is 15.3 Å². The first-order valence-corrected chi connectivity index (χ1v) is 8.60. The highest BCUT2D eigenvalue weighted by Gasteiger charge is 2.36. The SMILES string of the molecule is CCCc1ccccc1N1CC(C)(CC)NCC1C(C)C. The summed E-state index contributed by atoms with van der Waals surface area (Å²) in [5, 5.41) is 3.79. The van der Waals surface area contributed by atoms with Crippen molar-refractivity contribution in [3.8, 4) is 0 Å². The summed E-state index contributed by atoms with van der Waals surface area (Å²) >= 11 is 0. The summed E-state index contributed by atoms with van der Waals surface area (Å²) in [6, 6.07) is 9.59. The molecular formula is C19H32N2. The molecule has 21 heavy (non-hydrogen) atoms. The molecule has 1 aromatic carbocycles. The van der Waals surface area contributed by atoms with Crippen molar-refractivity contribution >= 4 is 5.69 Å². The summed E-state index contributed by atoms with van der Waals surface area (Å²) in [7, 11) is 0. The highest BCUT2D eigenvalue weighted by molar-refractivity contribution is 5.55. The van der Waals surface area contributed by atoms with Crippen molar-refractivity contribution in [1.29, 1.82) is 0 Å². The molecule has 1 aliphatic rings. The van der Waals surface area contributed by atoms with Crippen LogP contribution in [0.15, 0.2) is 24.3 Å². The maximum Gasteiger partial charge on any atom is 0.0438 e. The van der Waals surface area contributed by atoms with Gasteiger partial charge in [0.1, 0.15) is 0 Å². The highest BCUT2D eigenvalue weighted by Crippen LogP contribution is 2.31. The minimum absolute atomic E-state index is 0.227. The molecule has 0 saturated carbocycles. The minimum Gasteiger partial charge on any atom is -0.365 e. The fourth-order valence-electron chi connectivity index (χ4n) is 3.38. The standard InChI is InChI=1S/C19H32N2/c1-6-10-16-11-8-9-12-17(16)21-14-19(5,7-2)20-13-18(21)15(3)4/h8-9,11-12,15,18,20H,6-7,10,13-14H2,1-5H3. The Morgan fingerprint density at radius 2 is 2.00 bits per heavy atom. The van der Waals surface area contributed by atoms with Crippen LogP contribution in [0.4, 0.5) is 5.69 Å². The lowest BCUT2D eigenvalue weighted by Crippen LogP contribution is -2.64. The third-order valence-electron chi connectivity index (χ3n) is 5.03. The second-order valence-electron chi connectivity index (χ2n) is 7.11. The van der Waals surface area contributed by atoms with Gasteiger partial charge < -0.3 is 10.2 Å². The van der Waals surface area contributed by atoms with Gasteiger partial charge in [0.05, 0.1) is 0 Å². The number of hydrogen-bond donors (Lipinski definition) is 1. The number of aryl methyl sites for hydroxylation is 1. The van der Waals surface area contributed by atoms with Gasteiger partial charge in [0.2, 0.25) is 0 Å². The average Bonchev–Trinajstić information content (AvgIpc) is 2.48. The molecule has 1 fully saturated rings. The summed E-state index contributed by atoms with van der Waals surface area (Å²) in [6.45, 7) is 13.8. The van der Waals surface area contributed by atoms with Crippen LogP contribution in [-0.2, 0) is 6.42 Å². The molecule has 2 nitrogen and oxygen atoms in total. The molecule has 1 aliphatic heterocycles. The van der Waals surface area contributed by atoms with Crippen molar-refractivity contribution in [2.24, 2.45) is 5.92 Å². The zero-order valence-corrected chi connectivity index (χ0v) is 14.4. The van der Waals surface area contributed by atoms with E-state index in [1.807, 2.05) is 0 Å². The summed E-state index contributed by atoms with van der Waals surface area (Å²) in [5.41, 5.74) is 3.19. The quantitative estimate of drug-likeness (QED) is 0.871. The van der Waals surface area contributed by atoms with Gasteiger partial charge in [-0.25, -0.2) is 0 Å². The predicted molar refractivity (Wildman–Crippen MR) is 93.1 cm³/mol. The summed E-state index contributed by atoms with van der Waals surface area (Å²) in [4.78, 5) is 2.68. The van der Waals surface area contributed by atoms with Gasteiger partial charge in [-0.3, -0.25) is 0 Å². The number of rotatable bonds is 5. The maximum absolute atomic E-state index is 3.79. The molecule has 0 bridgehead atoms. The summed E-state index contributed by atoms with van der Waals surface area (Å²) in [6.07, 6.45) is 3.55. The molecule has 0 aliphatic carbocycles. The van der Waals surface area contributed by atoms with Crippen LogP contribution in [0.25, 0.3) is 0 Å². The average molecular weight is 288 g/mol. The Morgan fingerprint density at radius 3 is 2.62 bits per heavy atom. The van der Waals surface area contributed by atoms with Gasteiger partial charge in [-0.2, -0.15) is 0 Å². The lowest BCUT2D eigenvalue weighted by molar-refractivity contribution is 0.252. The number of hydrogen-bond acceptors (Lipinski definition) is 2. The van der Waals surface area contributed by atoms with E-state index in [1.54, 1.807) is 0 Å². The first-order chi connectivity index (χ1) is 10.0. The molecule has 0 radical (unpaired) electrons. The lowest BCUT2D eigenvalue weighted by atomic mass is 9.88. The number of anilines is 1. The zero-order valence-electron chi connectivity index (χ0n) is 14.4. The Hall–Kier alpha value is -1.02. The molecule has 2 heteroatoms. The van der Waals surface area contributed by atoms with Crippen LogP contribution in [0.1, 0.15) is 53.0 Å². The van der Waals surface area contributed by atoms with Gasteiger partial charge in [0, 0.05) is 30.4 Å². The number of nitrogens with zero attached hydrogens (tertiary/aromatic N) is 1. The van der Waals surface area contributed by atoms with Gasteiger partial charge in [-0.05, 0) is 37.3 Å². The number of piperazine rings is 1. The van der Waals surface area contributed by atoms with Gasteiger partial charge in [0.25, 0.3) is 0 Å². The van der Waals surface area contributed by atoms with E-state index in [1.165, 1.54) is 30.5 Å². The Bertz CT molecular complexity index is 455. The first-order valence-electron chi connectivity index (χ1n) is 8.60. The van der Waals surface area contributed by atoms with E-state index in [-0.39, 0.29) is 5.54 Å². The monoisotopic (exact) mass is 288 g/mol. The van der Waals surface area contributed by atoms with E-state index in [0.717, 1.165) is 13.1 Å². The van der Waals surface area contributed by atoms with E-state index < -0.39 is 0 Å². The van der Waals surface area contributed by atoms with Crippen molar-refractivity contribution < 1.29 is 0 Å². The van der Waals surface area contributed by atoms with E-state index in [2.05, 4.69) is 69.1 Å². The minimum atomic E-state index is 0.227. The van der Waals surface area contributed by atoms with Crippen LogP contribution in [0.5, 0.6) is 0 Å². The van der Waals surface area contributed by atoms with Crippen LogP contribution >= 0.6 is 0 Å². The Labute approximate surface area is 130 Å². The van der Waals surface area contributed by atoms with Crippen molar-refractivity contribution in [2.45, 2.75) is 65.5 Å². The molecular weight excluding hydrogens is 256 g/mol. The van der Waals surface area contributed by atoms with Crippen LogP contribution in [0, 0.1) is 5.92 Å². The number of nitrogens with one attached hydrogen (secondary N) is 1. The molecule has 0 spiro atoms. The molecule has 1 aromatic rings. The molecule has 2 rings (SSSR count). The molecule has 1 heterocycles. The highest BCUT2D eigenvalue weighted by atomic mass is 15.3. The van der Waals surface area contributed by atoms with Crippen LogP contribution in [0.2, 0.25) is 0 Å². The van der Waals surface area contributed by atoms with Crippen molar-refractivity contribution in [3.05, 3.63) is 29.8 Å². The number of para-hydroxylation sites is 1. The molecule has 1 N–H and O–H groups in total. The van der Waals surface area contributed by atoms with Gasteiger partial charge in [-0.15, -0.1) is 0 Å². The lowest BCUT2D eigenvalue weighted by Gasteiger charge is -2.49. The Kier molecular flexibility index (Phi) is 5.32. The largest absolute Gasteiger partial charge is 0.365 e. The van der Waals surface area contributed by atoms with Crippen molar-refractivity contribution in [3.63, 3.8) is 0 Å². The van der Waals surface area contributed by atoms with Crippen LogP contribution in [0.3, 0.4) is 0 Å². The van der Waals surface area contributed by atoms with Crippen LogP contribution in [-0.4, -0.2) is 24.7 Å². The maximum atomic E-state index is 3.79. The smallest absolute Gasteiger partial charge is 0.0438 e. The van der Waals surface area contributed by atoms with Gasteiger partial charge in [0.15, 0.2) is 0 Å². The molecule has 118 valence electrons. The molecule has 2 unspecified atom stereocenters. The van der Waals surface area contributed by atoms with E-state index in [4.69, 9.17) is 0 Å². The fourth-order valence-corrected chi connectivity index (χ4v) is 3.38. The molecule has 0 aromatic heterocycles. The Balaban J connectivity index is 2.35. The van der Waals surface area contributed by atoms with Gasteiger partial charge >= 0.3 is 0 Å². The third kappa shape index (κ3) is 3.60. The third-order valence-corrected chi connectivity index (χ3v) is 5.03. The normalized spacial score (nSPS) is 26.4. The van der Waals surface area contributed by atoms with Crippen LogP contribution < -0.4 is 10.2 Å². The second kappa shape index (κ2) is 6.83. The van der Waals surface area contributed by atoms with E-state index in [0.29, 0.717) is 12.0 Å².